The Morgan fingerprint density at radius 1 is 1.45 bits per heavy atom. The van der Waals surface area contributed by atoms with E-state index in [1.807, 2.05) is 11.1 Å². The molecular weight excluding hydrogens is 301 g/mol. The Labute approximate surface area is 125 Å². The number of pyridine rings is 1. The highest BCUT2D eigenvalue weighted by Crippen LogP contribution is 2.24. The summed E-state index contributed by atoms with van der Waals surface area (Å²) in [5.74, 6) is -0.771. The van der Waals surface area contributed by atoms with E-state index in [1.54, 1.807) is 16.7 Å². The second-order valence-electron chi connectivity index (χ2n) is 4.94. The number of aromatic nitrogens is 2. The van der Waals surface area contributed by atoms with Gasteiger partial charge in [-0.3, -0.25) is 9.69 Å². The van der Waals surface area contributed by atoms with Crippen LogP contribution in [0.5, 0.6) is 0 Å². The molecule has 2 aromatic heterocycles. The second-order valence-corrected chi connectivity index (χ2v) is 5.78. The quantitative estimate of drug-likeness (QED) is 0.946. The molecular formula is C13H13Cl2N3O2. The van der Waals surface area contributed by atoms with Crippen molar-refractivity contribution in [3.05, 3.63) is 34.2 Å². The molecule has 0 spiro atoms. The lowest BCUT2D eigenvalue weighted by Crippen LogP contribution is -2.35. The summed E-state index contributed by atoms with van der Waals surface area (Å²) in [4.78, 5) is 17.5. The summed E-state index contributed by atoms with van der Waals surface area (Å²) in [5, 5.41) is 10.2. The highest BCUT2D eigenvalue weighted by Gasteiger charge is 2.30. The minimum absolute atomic E-state index is 0.418. The fraction of sp³-hybridized carbons (Fsp3) is 0.385. The van der Waals surface area contributed by atoms with Crippen LogP contribution < -0.4 is 0 Å². The average Bonchev–Trinajstić information content (AvgIpc) is 2.95. The number of imidazole rings is 1. The lowest BCUT2D eigenvalue weighted by Gasteiger charge is -2.19. The van der Waals surface area contributed by atoms with E-state index >= 15 is 0 Å². The summed E-state index contributed by atoms with van der Waals surface area (Å²) in [7, 11) is 0. The van der Waals surface area contributed by atoms with Crippen molar-refractivity contribution in [2.75, 3.05) is 6.54 Å². The van der Waals surface area contributed by atoms with Crippen LogP contribution in [0.15, 0.2) is 18.5 Å². The van der Waals surface area contributed by atoms with Crippen LogP contribution in [-0.4, -0.2) is 37.9 Å². The minimum atomic E-state index is -0.771. The standard InChI is InChI=1S/C13H13Cl2N3O2/c14-8-4-10(15)12-16-9(7-18(12)5-8)6-17-3-1-2-11(17)13(19)20/h4-5,7,11H,1-3,6H2,(H,19,20). The van der Waals surface area contributed by atoms with Crippen molar-refractivity contribution in [3.63, 3.8) is 0 Å². The van der Waals surface area contributed by atoms with Gasteiger partial charge in [-0.05, 0) is 25.5 Å². The Morgan fingerprint density at radius 2 is 2.25 bits per heavy atom. The number of nitrogens with zero attached hydrogens (tertiary/aromatic N) is 3. The fourth-order valence-electron chi connectivity index (χ4n) is 2.65. The molecule has 0 aliphatic carbocycles. The van der Waals surface area contributed by atoms with Crippen LogP contribution in [0.4, 0.5) is 0 Å². The van der Waals surface area contributed by atoms with Crippen LogP contribution in [0.3, 0.4) is 0 Å². The van der Waals surface area contributed by atoms with Gasteiger partial charge in [-0.25, -0.2) is 4.98 Å². The number of likely N-dealkylation sites (tertiary alicyclic amines) is 1. The van der Waals surface area contributed by atoms with Crippen LogP contribution in [0.25, 0.3) is 5.65 Å². The molecule has 0 saturated carbocycles. The summed E-state index contributed by atoms with van der Waals surface area (Å²) < 4.78 is 1.77. The largest absolute Gasteiger partial charge is 0.480 e. The van der Waals surface area contributed by atoms with Crippen molar-refractivity contribution in [3.8, 4) is 0 Å². The lowest BCUT2D eigenvalue weighted by atomic mass is 10.2. The molecule has 3 rings (SSSR count). The van der Waals surface area contributed by atoms with Crippen molar-refractivity contribution in [1.82, 2.24) is 14.3 Å². The molecule has 3 heterocycles. The molecule has 5 nitrogen and oxygen atoms in total. The molecule has 0 radical (unpaired) electrons. The molecule has 1 N–H and O–H groups in total. The normalized spacial score (nSPS) is 19.8. The first-order chi connectivity index (χ1) is 9.54. The predicted octanol–water partition coefficient (Wildman–Crippen LogP) is 2.69. The number of carboxylic acids is 1. The average molecular weight is 314 g/mol. The molecule has 1 unspecified atom stereocenters. The lowest BCUT2D eigenvalue weighted by molar-refractivity contribution is -0.142. The van der Waals surface area contributed by atoms with Crippen molar-refractivity contribution in [2.45, 2.75) is 25.4 Å². The van der Waals surface area contributed by atoms with Crippen molar-refractivity contribution in [1.29, 1.82) is 0 Å². The topological polar surface area (TPSA) is 57.8 Å². The van der Waals surface area contributed by atoms with Crippen molar-refractivity contribution < 1.29 is 9.90 Å². The van der Waals surface area contributed by atoms with Gasteiger partial charge in [-0.2, -0.15) is 0 Å². The Hall–Kier alpha value is -1.30. The number of carbonyl (C=O) groups is 1. The highest BCUT2D eigenvalue weighted by atomic mass is 35.5. The zero-order chi connectivity index (χ0) is 14.3. The van der Waals surface area contributed by atoms with Gasteiger partial charge >= 0.3 is 5.97 Å². The summed E-state index contributed by atoms with van der Waals surface area (Å²) in [6, 6.07) is 1.23. The summed E-state index contributed by atoms with van der Waals surface area (Å²) in [6.07, 6.45) is 5.16. The van der Waals surface area contributed by atoms with Crippen LogP contribution in [-0.2, 0) is 11.3 Å². The molecule has 1 aliphatic heterocycles. The van der Waals surface area contributed by atoms with Gasteiger partial charge in [-0.15, -0.1) is 0 Å². The maximum absolute atomic E-state index is 11.2. The van der Waals surface area contributed by atoms with Crippen LogP contribution in [0.1, 0.15) is 18.5 Å². The monoisotopic (exact) mass is 313 g/mol. The van der Waals surface area contributed by atoms with Crippen LogP contribution in [0.2, 0.25) is 10.0 Å². The summed E-state index contributed by atoms with van der Waals surface area (Å²) in [5.41, 5.74) is 1.43. The molecule has 7 heteroatoms. The smallest absolute Gasteiger partial charge is 0.320 e. The zero-order valence-electron chi connectivity index (χ0n) is 10.6. The Bertz CT molecular complexity index is 671. The molecule has 0 bridgehead atoms. The second kappa shape index (κ2) is 5.24. The number of halogens is 2. The zero-order valence-corrected chi connectivity index (χ0v) is 12.1. The summed E-state index contributed by atoms with van der Waals surface area (Å²) in [6.45, 7) is 1.28. The summed E-state index contributed by atoms with van der Waals surface area (Å²) >= 11 is 12.0. The van der Waals surface area contributed by atoms with Gasteiger partial charge in [0.15, 0.2) is 5.65 Å². The SMILES string of the molecule is O=C(O)C1CCCN1Cc1cn2cc(Cl)cc(Cl)c2n1. The van der Waals surface area contributed by atoms with E-state index in [2.05, 4.69) is 4.98 Å². The molecule has 1 aliphatic rings. The fourth-order valence-corrected chi connectivity index (χ4v) is 3.18. The van der Waals surface area contributed by atoms with Gasteiger partial charge in [0.1, 0.15) is 6.04 Å². The third kappa shape index (κ3) is 2.49. The molecule has 0 aromatic carbocycles. The van der Waals surface area contributed by atoms with Crippen LogP contribution >= 0.6 is 23.2 Å². The first kappa shape index (κ1) is 13.7. The molecule has 2 aromatic rings. The minimum Gasteiger partial charge on any atom is -0.480 e. The maximum Gasteiger partial charge on any atom is 0.320 e. The van der Waals surface area contributed by atoms with E-state index in [1.165, 1.54) is 0 Å². The Balaban J connectivity index is 1.88. The predicted molar refractivity (Wildman–Crippen MR) is 76.3 cm³/mol. The van der Waals surface area contributed by atoms with E-state index in [-0.39, 0.29) is 0 Å². The van der Waals surface area contributed by atoms with Gasteiger partial charge in [-0.1, -0.05) is 23.2 Å². The molecule has 106 valence electrons. The van der Waals surface area contributed by atoms with Gasteiger partial charge < -0.3 is 9.51 Å². The molecule has 20 heavy (non-hydrogen) atoms. The first-order valence-corrected chi connectivity index (χ1v) is 7.09. The highest BCUT2D eigenvalue weighted by molar-refractivity contribution is 6.36. The van der Waals surface area contributed by atoms with Crippen molar-refractivity contribution >= 4 is 34.8 Å². The molecule has 1 fully saturated rings. The van der Waals surface area contributed by atoms with Crippen molar-refractivity contribution in [2.24, 2.45) is 0 Å². The number of aliphatic carboxylic acids is 1. The van der Waals surface area contributed by atoms with E-state index in [4.69, 9.17) is 23.2 Å². The number of hydrogen-bond acceptors (Lipinski definition) is 3. The Morgan fingerprint density at radius 3 is 3.00 bits per heavy atom. The third-order valence-electron chi connectivity index (χ3n) is 3.54. The van der Waals surface area contributed by atoms with Crippen LogP contribution in [0, 0.1) is 0 Å². The maximum atomic E-state index is 11.2. The molecule has 1 atom stereocenters. The number of hydrogen-bond donors (Lipinski definition) is 1. The van der Waals surface area contributed by atoms with Gasteiger partial charge in [0.05, 0.1) is 15.7 Å². The molecule has 1 saturated heterocycles. The van der Waals surface area contributed by atoms with Gasteiger partial charge in [0, 0.05) is 18.9 Å². The van der Waals surface area contributed by atoms with Gasteiger partial charge in [0.25, 0.3) is 0 Å². The van der Waals surface area contributed by atoms with E-state index in [0.29, 0.717) is 28.7 Å². The number of fused-ring (bicyclic) bond motifs is 1. The third-order valence-corrected chi connectivity index (χ3v) is 4.02. The Kier molecular flexibility index (Phi) is 3.58. The van der Waals surface area contributed by atoms with E-state index in [0.717, 1.165) is 18.7 Å². The van der Waals surface area contributed by atoms with E-state index < -0.39 is 12.0 Å². The van der Waals surface area contributed by atoms with Gasteiger partial charge in [0.2, 0.25) is 0 Å². The molecule has 0 amide bonds. The number of rotatable bonds is 3. The van der Waals surface area contributed by atoms with E-state index in [9.17, 15) is 9.90 Å². The number of carboxylic acid groups (broad SMARTS) is 1. The first-order valence-electron chi connectivity index (χ1n) is 6.34.